The molecular weight excluding hydrogens is 440 g/mol. The first-order chi connectivity index (χ1) is 15.9. The van der Waals surface area contributed by atoms with Crippen molar-refractivity contribution in [2.45, 2.75) is 87.2 Å². The van der Waals surface area contributed by atoms with Gasteiger partial charge in [0.05, 0.1) is 35.2 Å². The minimum Gasteiger partial charge on any atom is -0.494 e. The topological polar surface area (TPSA) is 93.1 Å². The Hall–Kier alpha value is -2.09. The van der Waals surface area contributed by atoms with Gasteiger partial charge in [-0.3, -0.25) is 0 Å². The van der Waals surface area contributed by atoms with Gasteiger partial charge in [-0.1, -0.05) is 26.7 Å². The number of ether oxygens (including phenoxy) is 2. The van der Waals surface area contributed by atoms with E-state index in [0.29, 0.717) is 37.6 Å². The summed E-state index contributed by atoms with van der Waals surface area (Å²) < 4.78 is 37.1. The van der Waals surface area contributed by atoms with E-state index in [1.165, 1.54) is 0 Å². The maximum atomic E-state index is 12.9. The van der Waals surface area contributed by atoms with Gasteiger partial charge in [-0.15, -0.1) is 0 Å². The van der Waals surface area contributed by atoms with Gasteiger partial charge in [-0.2, -0.15) is 0 Å². The largest absolute Gasteiger partial charge is 0.494 e. The lowest BCUT2D eigenvalue weighted by atomic mass is 10.1. The molecule has 0 aliphatic heterocycles. The number of rotatable bonds is 16. The van der Waals surface area contributed by atoms with E-state index in [1.807, 2.05) is 13.8 Å². The number of aliphatic hydroxyl groups is 2. The van der Waals surface area contributed by atoms with Crippen molar-refractivity contribution in [1.82, 2.24) is 0 Å². The molecule has 0 saturated heterocycles. The summed E-state index contributed by atoms with van der Waals surface area (Å²) in [7, 11) is -3.64. The highest BCUT2D eigenvalue weighted by atomic mass is 32.2. The van der Waals surface area contributed by atoms with Crippen molar-refractivity contribution in [3.05, 3.63) is 48.5 Å². The molecular formula is C26H38O6S. The van der Waals surface area contributed by atoms with E-state index in [1.54, 1.807) is 48.5 Å². The van der Waals surface area contributed by atoms with Gasteiger partial charge in [0.15, 0.2) is 0 Å². The Bertz CT molecular complexity index is 824. The summed E-state index contributed by atoms with van der Waals surface area (Å²) in [5.41, 5.74) is 0. The molecule has 0 amide bonds. The van der Waals surface area contributed by atoms with Crippen molar-refractivity contribution in [2.75, 3.05) is 13.2 Å². The van der Waals surface area contributed by atoms with Crippen LogP contribution in [0.2, 0.25) is 0 Å². The minimum atomic E-state index is -3.64. The normalized spacial score (nSPS) is 13.5. The second-order valence-electron chi connectivity index (χ2n) is 8.31. The van der Waals surface area contributed by atoms with Crippen LogP contribution < -0.4 is 9.47 Å². The van der Waals surface area contributed by atoms with Crippen LogP contribution in [-0.2, 0) is 9.84 Å². The van der Waals surface area contributed by atoms with Gasteiger partial charge < -0.3 is 19.7 Å². The Labute approximate surface area is 198 Å². The predicted molar refractivity (Wildman–Crippen MR) is 130 cm³/mol. The SMILES string of the molecule is CCCC(O)CCCOc1ccc(S(=O)(=O)c2ccc(OCCCC(O)CCC)cc2)cc1. The van der Waals surface area contributed by atoms with Crippen LogP contribution in [0.5, 0.6) is 11.5 Å². The van der Waals surface area contributed by atoms with Gasteiger partial charge in [-0.05, 0) is 87.1 Å². The second kappa shape index (κ2) is 14.2. The summed E-state index contributed by atoms with van der Waals surface area (Å²) in [6, 6.07) is 12.8. The minimum absolute atomic E-state index is 0.201. The van der Waals surface area contributed by atoms with Crippen molar-refractivity contribution < 1.29 is 28.1 Å². The Balaban J connectivity index is 1.84. The lowest BCUT2D eigenvalue weighted by molar-refractivity contribution is 0.142. The highest BCUT2D eigenvalue weighted by Gasteiger charge is 2.17. The number of hydrogen-bond acceptors (Lipinski definition) is 6. The van der Waals surface area contributed by atoms with Crippen LogP contribution in [0.3, 0.4) is 0 Å². The Kier molecular flexibility index (Phi) is 11.7. The second-order valence-corrected chi connectivity index (χ2v) is 10.3. The van der Waals surface area contributed by atoms with Gasteiger partial charge in [-0.25, -0.2) is 8.42 Å². The first-order valence-electron chi connectivity index (χ1n) is 11.9. The van der Waals surface area contributed by atoms with Crippen LogP contribution in [0.25, 0.3) is 0 Å². The summed E-state index contributed by atoms with van der Waals surface area (Å²) >= 11 is 0. The van der Waals surface area contributed by atoms with Crippen LogP contribution in [0.1, 0.15) is 65.2 Å². The predicted octanol–water partition coefficient (Wildman–Crippen LogP) is 5.16. The van der Waals surface area contributed by atoms with E-state index in [-0.39, 0.29) is 22.0 Å². The Morgan fingerprint density at radius 3 is 1.36 bits per heavy atom. The fourth-order valence-corrected chi connectivity index (χ4v) is 4.80. The third-order valence-corrected chi connectivity index (χ3v) is 7.20. The zero-order valence-corrected chi connectivity index (χ0v) is 20.6. The quantitative estimate of drug-likeness (QED) is 0.324. The number of hydrogen-bond donors (Lipinski definition) is 2. The number of aliphatic hydroxyl groups excluding tert-OH is 2. The van der Waals surface area contributed by atoms with Crippen LogP contribution in [0.4, 0.5) is 0 Å². The molecule has 0 heterocycles. The van der Waals surface area contributed by atoms with E-state index < -0.39 is 9.84 Å². The molecule has 0 aromatic heterocycles. The molecule has 2 aromatic carbocycles. The van der Waals surface area contributed by atoms with Crippen molar-refractivity contribution >= 4 is 9.84 Å². The average molecular weight is 479 g/mol. The van der Waals surface area contributed by atoms with Crippen LogP contribution in [0.15, 0.2) is 58.3 Å². The Morgan fingerprint density at radius 2 is 1.03 bits per heavy atom. The summed E-state index contributed by atoms with van der Waals surface area (Å²) in [5.74, 6) is 1.21. The molecule has 2 aromatic rings. The lowest BCUT2D eigenvalue weighted by Crippen LogP contribution is -2.08. The van der Waals surface area contributed by atoms with Crippen molar-refractivity contribution in [1.29, 1.82) is 0 Å². The van der Waals surface area contributed by atoms with Crippen molar-refractivity contribution in [3.63, 3.8) is 0 Å². The number of benzene rings is 2. The van der Waals surface area contributed by atoms with E-state index in [2.05, 4.69) is 0 Å². The van der Waals surface area contributed by atoms with Crippen LogP contribution in [-0.4, -0.2) is 44.1 Å². The van der Waals surface area contributed by atoms with Gasteiger partial charge in [0.25, 0.3) is 0 Å². The van der Waals surface area contributed by atoms with Crippen LogP contribution >= 0.6 is 0 Å². The smallest absolute Gasteiger partial charge is 0.206 e. The fourth-order valence-electron chi connectivity index (χ4n) is 3.54. The van der Waals surface area contributed by atoms with E-state index >= 15 is 0 Å². The van der Waals surface area contributed by atoms with E-state index in [0.717, 1.165) is 38.5 Å². The molecule has 0 aliphatic carbocycles. The van der Waals surface area contributed by atoms with Crippen molar-refractivity contribution in [2.24, 2.45) is 0 Å². The first-order valence-corrected chi connectivity index (χ1v) is 13.4. The van der Waals surface area contributed by atoms with Gasteiger partial charge >= 0.3 is 0 Å². The molecule has 0 saturated carbocycles. The standard InChI is InChI=1S/C26H38O6S/c1-3-7-21(27)9-5-19-31-23-11-15-25(16-12-23)33(29,30)26-17-13-24(14-18-26)32-20-6-10-22(28)8-4-2/h11-18,21-22,27-28H,3-10,19-20H2,1-2H3. The highest BCUT2D eigenvalue weighted by molar-refractivity contribution is 7.91. The van der Waals surface area contributed by atoms with Gasteiger partial charge in [0, 0.05) is 0 Å². The number of sulfone groups is 1. The third kappa shape index (κ3) is 9.35. The summed E-state index contributed by atoms with van der Waals surface area (Å²) in [4.78, 5) is 0.401. The highest BCUT2D eigenvalue weighted by Crippen LogP contribution is 2.25. The Morgan fingerprint density at radius 1 is 0.667 bits per heavy atom. The molecule has 0 fully saturated rings. The third-order valence-electron chi connectivity index (χ3n) is 5.41. The molecule has 0 aliphatic rings. The zero-order chi connectivity index (χ0) is 24.1. The summed E-state index contributed by atoms with van der Waals surface area (Å²) in [6.07, 6.45) is 5.80. The van der Waals surface area contributed by atoms with Crippen LogP contribution in [0, 0.1) is 0 Å². The molecule has 2 N–H and O–H groups in total. The van der Waals surface area contributed by atoms with Crippen molar-refractivity contribution in [3.8, 4) is 11.5 Å². The fraction of sp³-hybridized carbons (Fsp3) is 0.538. The van der Waals surface area contributed by atoms with E-state index in [9.17, 15) is 18.6 Å². The molecule has 7 heteroatoms. The molecule has 2 unspecified atom stereocenters. The molecule has 33 heavy (non-hydrogen) atoms. The maximum Gasteiger partial charge on any atom is 0.206 e. The van der Waals surface area contributed by atoms with Gasteiger partial charge in [0.1, 0.15) is 11.5 Å². The molecule has 6 nitrogen and oxygen atoms in total. The first kappa shape index (κ1) is 27.2. The average Bonchev–Trinajstić information content (AvgIpc) is 2.80. The molecule has 0 bridgehead atoms. The summed E-state index contributed by atoms with van der Waals surface area (Å²) in [5, 5.41) is 19.5. The van der Waals surface area contributed by atoms with Gasteiger partial charge in [0.2, 0.25) is 9.84 Å². The van der Waals surface area contributed by atoms with E-state index in [4.69, 9.17) is 9.47 Å². The molecule has 0 spiro atoms. The molecule has 2 atom stereocenters. The monoisotopic (exact) mass is 478 g/mol. The molecule has 184 valence electrons. The zero-order valence-electron chi connectivity index (χ0n) is 19.8. The summed E-state index contributed by atoms with van der Waals surface area (Å²) in [6.45, 7) is 5.04. The molecule has 2 rings (SSSR count). The molecule has 0 radical (unpaired) electrons. The maximum absolute atomic E-state index is 12.9. The lowest BCUT2D eigenvalue weighted by Gasteiger charge is -2.11.